The maximum atomic E-state index is 11.8. The van der Waals surface area contributed by atoms with Crippen molar-refractivity contribution in [1.82, 2.24) is 0 Å². The monoisotopic (exact) mass is 217 g/mol. The van der Waals surface area contributed by atoms with E-state index in [9.17, 15) is 4.79 Å². The summed E-state index contributed by atoms with van der Waals surface area (Å²) in [5.74, 6) is 0.0341. The fourth-order valence-electron chi connectivity index (χ4n) is 1.77. The number of benzene rings is 1. The molecule has 1 aromatic carbocycles. The molecule has 0 aliphatic carbocycles. The molecule has 4 nitrogen and oxygen atoms in total. The number of carbonyl (C=O) groups excluding carboxylic acids is 1. The van der Waals surface area contributed by atoms with Crippen molar-refractivity contribution in [3.05, 3.63) is 24.3 Å². The van der Waals surface area contributed by atoms with Gasteiger partial charge in [-0.25, -0.2) is 0 Å². The van der Waals surface area contributed by atoms with E-state index < -0.39 is 0 Å². The SMILES string of the molecule is CC1=NN(c2ccccc2N(C)C)C(=O)C1. The molecule has 0 saturated heterocycles. The Bertz CT molecular complexity index is 451. The second-order valence-corrected chi connectivity index (χ2v) is 4.10. The number of rotatable bonds is 2. The van der Waals surface area contributed by atoms with Gasteiger partial charge < -0.3 is 4.90 Å². The Labute approximate surface area is 95.2 Å². The van der Waals surface area contributed by atoms with Crippen molar-refractivity contribution >= 4 is 23.0 Å². The maximum absolute atomic E-state index is 11.8. The lowest BCUT2D eigenvalue weighted by Gasteiger charge is -2.21. The first kappa shape index (κ1) is 10.7. The van der Waals surface area contributed by atoms with Crippen molar-refractivity contribution in [1.29, 1.82) is 0 Å². The Kier molecular flexibility index (Phi) is 2.64. The van der Waals surface area contributed by atoms with E-state index in [0.29, 0.717) is 6.42 Å². The van der Waals surface area contributed by atoms with Crippen LogP contribution in [0, 0.1) is 0 Å². The molecule has 1 heterocycles. The molecule has 16 heavy (non-hydrogen) atoms. The zero-order valence-corrected chi connectivity index (χ0v) is 9.77. The summed E-state index contributed by atoms with van der Waals surface area (Å²) in [5.41, 5.74) is 2.70. The van der Waals surface area contributed by atoms with Gasteiger partial charge in [-0.15, -0.1) is 0 Å². The zero-order valence-electron chi connectivity index (χ0n) is 9.77. The summed E-state index contributed by atoms with van der Waals surface area (Å²) < 4.78 is 0. The van der Waals surface area contributed by atoms with Crippen LogP contribution in [-0.4, -0.2) is 25.7 Å². The van der Waals surface area contributed by atoms with Crippen LogP contribution < -0.4 is 9.91 Å². The minimum absolute atomic E-state index is 0.0341. The molecule has 1 aliphatic heterocycles. The van der Waals surface area contributed by atoms with E-state index in [1.54, 1.807) is 0 Å². The average molecular weight is 217 g/mol. The summed E-state index contributed by atoms with van der Waals surface area (Å²) in [4.78, 5) is 13.7. The molecule has 0 N–H and O–H groups in total. The predicted molar refractivity (Wildman–Crippen MR) is 66.0 cm³/mol. The van der Waals surface area contributed by atoms with E-state index in [4.69, 9.17) is 0 Å². The number of para-hydroxylation sites is 2. The van der Waals surface area contributed by atoms with Gasteiger partial charge in [0.15, 0.2) is 0 Å². The van der Waals surface area contributed by atoms with Gasteiger partial charge in [-0.1, -0.05) is 12.1 Å². The van der Waals surface area contributed by atoms with Gasteiger partial charge in [0.1, 0.15) is 0 Å². The van der Waals surface area contributed by atoms with Gasteiger partial charge in [-0.05, 0) is 19.1 Å². The molecular formula is C12H15N3O. The fraction of sp³-hybridized carbons (Fsp3) is 0.333. The van der Waals surface area contributed by atoms with Crippen LogP contribution >= 0.6 is 0 Å². The van der Waals surface area contributed by atoms with E-state index in [1.807, 2.05) is 50.2 Å². The fourth-order valence-corrected chi connectivity index (χ4v) is 1.77. The smallest absolute Gasteiger partial charge is 0.253 e. The minimum atomic E-state index is 0.0341. The van der Waals surface area contributed by atoms with Gasteiger partial charge in [0.2, 0.25) is 0 Å². The first-order valence-electron chi connectivity index (χ1n) is 5.23. The molecule has 0 bridgehead atoms. The first-order valence-corrected chi connectivity index (χ1v) is 5.23. The van der Waals surface area contributed by atoms with Gasteiger partial charge in [0.25, 0.3) is 5.91 Å². The van der Waals surface area contributed by atoms with Gasteiger partial charge >= 0.3 is 0 Å². The van der Waals surface area contributed by atoms with E-state index >= 15 is 0 Å². The standard InChI is InChI=1S/C12H15N3O/c1-9-8-12(16)15(13-9)11-7-5-4-6-10(11)14(2)3/h4-7H,8H2,1-3H3. The molecule has 2 rings (SSSR count). The van der Waals surface area contributed by atoms with Crippen molar-refractivity contribution in [3.63, 3.8) is 0 Å². The highest BCUT2D eigenvalue weighted by atomic mass is 16.2. The van der Waals surface area contributed by atoms with E-state index in [1.165, 1.54) is 5.01 Å². The normalized spacial score (nSPS) is 15.3. The van der Waals surface area contributed by atoms with Crippen molar-refractivity contribution in [2.75, 3.05) is 24.0 Å². The van der Waals surface area contributed by atoms with Gasteiger partial charge in [0, 0.05) is 19.8 Å². The van der Waals surface area contributed by atoms with Crippen LogP contribution in [0.2, 0.25) is 0 Å². The van der Waals surface area contributed by atoms with Crippen LogP contribution in [0.3, 0.4) is 0 Å². The van der Waals surface area contributed by atoms with Crippen molar-refractivity contribution in [2.45, 2.75) is 13.3 Å². The highest BCUT2D eigenvalue weighted by Gasteiger charge is 2.24. The third kappa shape index (κ3) is 1.78. The molecule has 0 unspecified atom stereocenters. The van der Waals surface area contributed by atoms with Crippen molar-refractivity contribution in [2.24, 2.45) is 5.10 Å². The molecule has 0 aromatic heterocycles. The van der Waals surface area contributed by atoms with Crippen LogP contribution in [0.5, 0.6) is 0 Å². The molecule has 1 amide bonds. The number of amides is 1. The Morgan fingerprint density at radius 1 is 1.31 bits per heavy atom. The summed E-state index contributed by atoms with van der Waals surface area (Å²) in [7, 11) is 3.91. The summed E-state index contributed by atoms with van der Waals surface area (Å²) in [5, 5.41) is 5.75. The van der Waals surface area contributed by atoms with Crippen LogP contribution in [-0.2, 0) is 4.79 Å². The van der Waals surface area contributed by atoms with Crippen LogP contribution in [0.25, 0.3) is 0 Å². The van der Waals surface area contributed by atoms with Crippen molar-refractivity contribution < 1.29 is 4.79 Å². The number of hydrazone groups is 1. The third-order valence-electron chi connectivity index (χ3n) is 2.51. The molecule has 0 atom stereocenters. The molecule has 4 heteroatoms. The van der Waals surface area contributed by atoms with Gasteiger partial charge in [-0.3, -0.25) is 4.79 Å². The summed E-state index contributed by atoms with van der Waals surface area (Å²) in [6.45, 7) is 1.87. The lowest BCUT2D eigenvalue weighted by Crippen LogP contribution is -2.22. The predicted octanol–water partition coefficient (Wildman–Crippen LogP) is 1.87. The van der Waals surface area contributed by atoms with Crippen LogP contribution in [0.15, 0.2) is 29.4 Å². The summed E-state index contributed by atoms with van der Waals surface area (Å²) in [6, 6.07) is 7.76. The number of nitrogens with zero attached hydrogens (tertiary/aromatic N) is 3. The Balaban J connectivity index is 2.44. The largest absolute Gasteiger partial charge is 0.376 e. The Morgan fingerprint density at radius 2 is 2.00 bits per heavy atom. The highest BCUT2D eigenvalue weighted by Crippen LogP contribution is 2.30. The molecule has 0 saturated carbocycles. The molecule has 0 radical (unpaired) electrons. The third-order valence-corrected chi connectivity index (χ3v) is 2.51. The number of hydrogen-bond donors (Lipinski definition) is 0. The van der Waals surface area contributed by atoms with Crippen LogP contribution in [0.1, 0.15) is 13.3 Å². The summed E-state index contributed by atoms with van der Waals surface area (Å²) >= 11 is 0. The topological polar surface area (TPSA) is 35.9 Å². The molecular weight excluding hydrogens is 202 g/mol. The highest BCUT2D eigenvalue weighted by molar-refractivity contribution is 6.13. The molecule has 84 valence electrons. The molecule has 0 spiro atoms. The van der Waals surface area contributed by atoms with Gasteiger partial charge in [0.05, 0.1) is 17.8 Å². The average Bonchev–Trinajstić information content (AvgIpc) is 2.57. The second-order valence-electron chi connectivity index (χ2n) is 4.10. The Hall–Kier alpha value is -1.84. The summed E-state index contributed by atoms with van der Waals surface area (Å²) in [6.07, 6.45) is 0.418. The maximum Gasteiger partial charge on any atom is 0.253 e. The molecule has 1 aliphatic rings. The number of anilines is 2. The van der Waals surface area contributed by atoms with E-state index in [-0.39, 0.29) is 5.91 Å². The number of hydrogen-bond acceptors (Lipinski definition) is 3. The first-order chi connectivity index (χ1) is 7.59. The minimum Gasteiger partial charge on any atom is -0.376 e. The number of carbonyl (C=O) groups is 1. The van der Waals surface area contributed by atoms with Gasteiger partial charge in [-0.2, -0.15) is 10.1 Å². The van der Waals surface area contributed by atoms with Crippen LogP contribution in [0.4, 0.5) is 11.4 Å². The molecule has 1 aromatic rings. The van der Waals surface area contributed by atoms with E-state index in [2.05, 4.69) is 5.10 Å². The quantitative estimate of drug-likeness (QED) is 0.758. The van der Waals surface area contributed by atoms with E-state index in [0.717, 1.165) is 17.1 Å². The Morgan fingerprint density at radius 3 is 2.56 bits per heavy atom. The lowest BCUT2D eigenvalue weighted by atomic mass is 10.2. The molecule has 0 fully saturated rings. The second kappa shape index (κ2) is 3.96. The lowest BCUT2D eigenvalue weighted by molar-refractivity contribution is -0.116. The zero-order chi connectivity index (χ0) is 11.7. The van der Waals surface area contributed by atoms with Crippen molar-refractivity contribution in [3.8, 4) is 0 Å².